The van der Waals surface area contributed by atoms with Gasteiger partial charge < -0.3 is 9.15 Å². The molecule has 1 aromatic heterocycles. The van der Waals surface area contributed by atoms with Crippen molar-refractivity contribution in [2.75, 3.05) is 6.61 Å². The zero-order chi connectivity index (χ0) is 7.97. The maximum Gasteiger partial charge on any atom is 0.137 e. The average Bonchev–Trinajstić information content (AvgIpc) is 2.64. The number of hydrogen-bond donors (Lipinski definition) is 0. The molecule has 0 saturated heterocycles. The van der Waals surface area contributed by atoms with Gasteiger partial charge in [0.1, 0.15) is 11.3 Å². The van der Waals surface area contributed by atoms with Crippen molar-refractivity contribution in [3.8, 4) is 5.75 Å². The Balaban J connectivity index is 2.38. The van der Waals surface area contributed by atoms with Crippen LogP contribution in [0.5, 0.6) is 5.75 Å². The molecule has 1 aromatic carbocycles. The SMILES string of the molecule is c1cc2cc3c(cc2o1)OCC3. The van der Waals surface area contributed by atoms with Gasteiger partial charge in [0.2, 0.25) is 0 Å². The molecular formula is C10H8O2. The van der Waals surface area contributed by atoms with Gasteiger partial charge in [0.25, 0.3) is 0 Å². The Morgan fingerprint density at radius 3 is 3.25 bits per heavy atom. The van der Waals surface area contributed by atoms with E-state index in [0.29, 0.717) is 0 Å². The molecule has 0 spiro atoms. The highest BCUT2D eigenvalue weighted by Gasteiger charge is 2.13. The van der Waals surface area contributed by atoms with E-state index < -0.39 is 0 Å². The van der Waals surface area contributed by atoms with Crippen LogP contribution < -0.4 is 4.74 Å². The zero-order valence-corrected chi connectivity index (χ0v) is 6.54. The quantitative estimate of drug-likeness (QED) is 0.590. The summed E-state index contributed by atoms with van der Waals surface area (Å²) in [6.45, 7) is 0.807. The Morgan fingerprint density at radius 2 is 2.25 bits per heavy atom. The summed E-state index contributed by atoms with van der Waals surface area (Å²) in [5.74, 6) is 0.984. The number of furan rings is 1. The van der Waals surface area contributed by atoms with Crippen LogP contribution in [0.3, 0.4) is 0 Å². The molecule has 0 radical (unpaired) electrons. The minimum atomic E-state index is 0.807. The van der Waals surface area contributed by atoms with E-state index in [1.54, 1.807) is 6.26 Å². The third-order valence-electron chi connectivity index (χ3n) is 2.26. The molecule has 2 heterocycles. The maximum absolute atomic E-state index is 5.42. The van der Waals surface area contributed by atoms with E-state index in [2.05, 4.69) is 6.07 Å². The fourth-order valence-corrected chi connectivity index (χ4v) is 1.64. The lowest BCUT2D eigenvalue weighted by Crippen LogP contribution is -1.85. The van der Waals surface area contributed by atoms with E-state index >= 15 is 0 Å². The van der Waals surface area contributed by atoms with Crippen molar-refractivity contribution >= 4 is 11.0 Å². The molecule has 1 aliphatic rings. The van der Waals surface area contributed by atoms with E-state index in [0.717, 1.165) is 24.4 Å². The fourth-order valence-electron chi connectivity index (χ4n) is 1.64. The summed E-state index contributed by atoms with van der Waals surface area (Å²) < 4.78 is 10.7. The summed E-state index contributed by atoms with van der Waals surface area (Å²) in [6, 6.07) is 6.09. The van der Waals surface area contributed by atoms with E-state index in [1.165, 1.54) is 10.9 Å². The van der Waals surface area contributed by atoms with Crippen LogP contribution in [0.1, 0.15) is 5.56 Å². The molecule has 0 amide bonds. The number of benzene rings is 1. The summed E-state index contributed by atoms with van der Waals surface area (Å²) in [4.78, 5) is 0. The summed E-state index contributed by atoms with van der Waals surface area (Å²) in [7, 11) is 0. The molecule has 0 unspecified atom stereocenters. The number of ether oxygens (including phenoxy) is 1. The first kappa shape index (κ1) is 6.12. The van der Waals surface area contributed by atoms with Gasteiger partial charge in [0, 0.05) is 17.9 Å². The van der Waals surface area contributed by atoms with Gasteiger partial charge in [-0.15, -0.1) is 0 Å². The molecule has 0 N–H and O–H groups in total. The molecule has 0 fully saturated rings. The van der Waals surface area contributed by atoms with Crippen LogP contribution in [-0.2, 0) is 6.42 Å². The van der Waals surface area contributed by atoms with E-state index in [-0.39, 0.29) is 0 Å². The Labute approximate surface area is 69.7 Å². The van der Waals surface area contributed by atoms with Gasteiger partial charge >= 0.3 is 0 Å². The standard InChI is InChI=1S/C10H8O2/c1-3-11-9-6-10-8(2-4-12-10)5-7(1)9/h1,3,5-6H,2,4H2. The summed E-state index contributed by atoms with van der Waals surface area (Å²) in [6.07, 6.45) is 2.73. The molecule has 0 saturated carbocycles. The summed E-state index contributed by atoms with van der Waals surface area (Å²) in [5.41, 5.74) is 2.21. The highest BCUT2D eigenvalue weighted by Crippen LogP contribution is 2.30. The van der Waals surface area contributed by atoms with Crippen molar-refractivity contribution in [2.24, 2.45) is 0 Å². The van der Waals surface area contributed by atoms with Gasteiger partial charge in [0.05, 0.1) is 12.9 Å². The van der Waals surface area contributed by atoms with Crippen LogP contribution in [0.25, 0.3) is 11.0 Å². The molecule has 3 rings (SSSR count). The second kappa shape index (κ2) is 2.03. The van der Waals surface area contributed by atoms with Crippen molar-refractivity contribution in [2.45, 2.75) is 6.42 Å². The average molecular weight is 160 g/mol. The molecule has 60 valence electrons. The predicted octanol–water partition coefficient (Wildman–Crippen LogP) is 2.37. The molecule has 2 heteroatoms. The van der Waals surface area contributed by atoms with Crippen LogP contribution in [0.4, 0.5) is 0 Å². The van der Waals surface area contributed by atoms with E-state index in [1.807, 2.05) is 12.1 Å². The Hall–Kier alpha value is -1.44. The summed E-state index contributed by atoms with van der Waals surface area (Å²) >= 11 is 0. The smallest absolute Gasteiger partial charge is 0.137 e. The molecule has 2 nitrogen and oxygen atoms in total. The van der Waals surface area contributed by atoms with E-state index in [9.17, 15) is 0 Å². The van der Waals surface area contributed by atoms with Crippen LogP contribution in [0, 0.1) is 0 Å². The lowest BCUT2D eigenvalue weighted by molar-refractivity contribution is 0.356. The van der Waals surface area contributed by atoms with Gasteiger partial charge in [-0.1, -0.05) is 0 Å². The zero-order valence-electron chi connectivity index (χ0n) is 6.54. The normalized spacial score (nSPS) is 14.7. The third kappa shape index (κ3) is 0.694. The van der Waals surface area contributed by atoms with Crippen molar-refractivity contribution in [3.05, 3.63) is 30.0 Å². The monoisotopic (exact) mass is 160 g/mol. The number of hydrogen-bond acceptors (Lipinski definition) is 2. The van der Waals surface area contributed by atoms with Gasteiger partial charge in [-0.2, -0.15) is 0 Å². The number of rotatable bonds is 0. The summed E-state index contributed by atoms with van der Waals surface area (Å²) in [5, 5.41) is 1.17. The van der Waals surface area contributed by atoms with Gasteiger partial charge in [-0.25, -0.2) is 0 Å². The molecule has 12 heavy (non-hydrogen) atoms. The first-order chi connectivity index (χ1) is 5.93. The highest BCUT2D eigenvalue weighted by atomic mass is 16.5. The number of fused-ring (bicyclic) bond motifs is 2. The molecule has 0 aliphatic carbocycles. The van der Waals surface area contributed by atoms with Crippen LogP contribution in [0.15, 0.2) is 28.9 Å². The molecular weight excluding hydrogens is 152 g/mol. The van der Waals surface area contributed by atoms with Gasteiger partial charge in [-0.05, 0) is 17.7 Å². The lowest BCUT2D eigenvalue weighted by Gasteiger charge is -1.96. The van der Waals surface area contributed by atoms with Crippen LogP contribution in [-0.4, -0.2) is 6.61 Å². The first-order valence-electron chi connectivity index (χ1n) is 4.06. The molecule has 2 aromatic rings. The van der Waals surface area contributed by atoms with Crippen molar-refractivity contribution in [1.29, 1.82) is 0 Å². The van der Waals surface area contributed by atoms with Gasteiger partial charge in [0.15, 0.2) is 0 Å². The largest absolute Gasteiger partial charge is 0.493 e. The van der Waals surface area contributed by atoms with Crippen molar-refractivity contribution in [3.63, 3.8) is 0 Å². The van der Waals surface area contributed by atoms with Crippen LogP contribution >= 0.6 is 0 Å². The second-order valence-electron chi connectivity index (χ2n) is 3.02. The fraction of sp³-hybridized carbons (Fsp3) is 0.200. The highest BCUT2D eigenvalue weighted by molar-refractivity contribution is 5.80. The lowest BCUT2D eigenvalue weighted by atomic mass is 10.1. The molecule has 0 atom stereocenters. The van der Waals surface area contributed by atoms with Crippen molar-refractivity contribution in [1.82, 2.24) is 0 Å². The third-order valence-corrected chi connectivity index (χ3v) is 2.26. The Kier molecular flexibility index (Phi) is 1.04. The Morgan fingerprint density at radius 1 is 1.25 bits per heavy atom. The van der Waals surface area contributed by atoms with Crippen LogP contribution in [0.2, 0.25) is 0 Å². The topological polar surface area (TPSA) is 22.4 Å². The minimum Gasteiger partial charge on any atom is -0.493 e. The van der Waals surface area contributed by atoms with E-state index in [4.69, 9.17) is 9.15 Å². The van der Waals surface area contributed by atoms with Gasteiger partial charge in [-0.3, -0.25) is 0 Å². The van der Waals surface area contributed by atoms with Crippen molar-refractivity contribution < 1.29 is 9.15 Å². The maximum atomic E-state index is 5.42. The molecule has 1 aliphatic heterocycles. The first-order valence-corrected chi connectivity index (χ1v) is 4.06. The minimum absolute atomic E-state index is 0.807. The molecule has 0 bridgehead atoms. The predicted molar refractivity (Wildman–Crippen MR) is 45.4 cm³/mol. The Bertz CT molecular complexity index is 390. The second-order valence-corrected chi connectivity index (χ2v) is 3.02.